The van der Waals surface area contributed by atoms with Crippen molar-refractivity contribution in [2.45, 2.75) is 42.9 Å². The normalized spacial score (nSPS) is 34.6. The molecule has 3 heterocycles. The van der Waals surface area contributed by atoms with E-state index in [9.17, 15) is 19.5 Å². The Balaban J connectivity index is 2.08. The molecule has 0 aliphatic carbocycles. The van der Waals surface area contributed by atoms with E-state index in [0.29, 0.717) is 10.8 Å². The Labute approximate surface area is 140 Å². The van der Waals surface area contributed by atoms with Crippen molar-refractivity contribution in [3.8, 4) is 0 Å². The molecule has 3 rings (SSSR count). The summed E-state index contributed by atoms with van der Waals surface area (Å²) in [6.45, 7) is 4.83. The molecule has 1 aromatic rings. The van der Waals surface area contributed by atoms with Gasteiger partial charge in [-0.3, -0.25) is 4.79 Å². The van der Waals surface area contributed by atoms with Gasteiger partial charge in [-0.25, -0.2) is 14.6 Å². The number of nitrogens with one attached hydrogen (secondary N) is 1. The first-order valence-electron chi connectivity index (χ1n) is 6.94. The number of aromatic nitrogens is 1. The molecular weight excluding hydrogens is 340 g/mol. The maximum atomic E-state index is 12.9. The van der Waals surface area contributed by atoms with E-state index in [-0.39, 0.29) is 5.91 Å². The Morgan fingerprint density at radius 3 is 2.61 bits per heavy atom. The predicted molar refractivity (Wildman–Crippen MR) is 85.2 cm³/mol. The first kappa shape index (κ1) is 16.2. The average Bonchev–Trinajstić information content (AvgIpc) is 2.89. The molecular formula is C13H17N4O4S2+. The Morgan fingerprint density at radius 1 is 1.48 bits per heavy atom. The van der Waals surface area contributed by atoms with Crippen molar-refractivity contribution in [2.24, 2.45) is 0 Å². The Hall–Kier alpha value is -1.65. The van der Waals surface area contributed by atoms with E-state index in [1.54, 1.807) is 19.2 Å². The number of hydrogen-bond donors (Lipinski definition) is 3. The van der Waals surface area contributed by atoms with Crippen LogP contribution in [-0.4, -0.2) is 48.6 Å². The highest BCUT2D eigenvalue weighted by Gasteiger charge is 2.80. The minimum atomic E-state index is -1.11. The zero-order valence-corrected chi connectivity index (χ0v) is 14.4. The molecule has 0 radical (unpaired) electrons. The van der Waals surface area contributed by atoms with E-state index in [1.165, 1.54) is 30.0 Å². The number of carbonyl (C=O) groups excluding carboxylic acids is 2. The van der Waals surface area contributed by atoms with Gasteiger partial charge in [0.25, 0.3) is 5.91 Å². The number of carboxylic acid groups (broad SMARTS) is 1. The highest BCUT2D eigenvalue weighted by atomic mass is 32.2. The number of carbonyl (C=O) groups is 3. The molecule has 1 aromatic heterocycles. The molecule has 1 unspecified atom stereocenters. The van der Waals surface area contributed by atoms with Gasteiger partial charge in [0, 0.05) is 12.3 Å². The van der Waals surface area contributed by atoms with Crippen LogP contribution in [0, 0.1) is 0 Å². The fourth-order valence-electron chi connectivity index (χ4n) is 3.51. The molecule has 2 fully saturated rings. The molecule has 2 amide bonds. The van der Waals surface area contributed by atoms with Crippen molar-refractivity contribution >= 4 is 46.7 Å². The first-order valence-corrected chi connectivity index (χ1v) is 8.70. The number of carboxylic acids is 1. The number of fused-ring (bicyclic) bond motifs is 1. The summed E-state index contributed by atoms with van der Waals surface area (Å²) in [6.07, 6.45) is 0. The van der Waals surface area contributed by atoms with E-state index in [0.717, 1.165) is 0 Å². The van der Waals surface area contributed by atoms with Gasteiger partial charge in [-0.1, -0.05) is 11.8 Å². The lowest BCUT2D eigenvalue weighted by Crippen LogP contribution is -2.81. The number of amides is 2. The lowest BCUT2D eigenvalue weighted by molar-refractivity contribution is -0.937. The molecule has 4 atom stereocenters. The molecule has 0 spiro atoms. The van der Waals surface area contributed by atoms with Crippen LogP contribution < -0.4 is 11.2 Å². The number of nitrogens with zero attached hydrogens (tertiary/aromatic N) is 2. The summed E-state index contributed by atoms with van der Waals surface area (Å²) >= 11 is 2.67. The Bertz CT molecular complexity index is 719. The van der Waals surface area contributed by atoms with Crippen LogP contribution in [0.25, 0.3) is 0 Å². The minimum absolute atomic E-state index is 0.333. The molecule has 8 nitrogen and oxygen atoms in total. The van der Waals surface area contributed by atoms with Crippen molar-refractivity contribution in [3.05, 3.63) is 10.4 Å². The van der Waals surface area contributed by atoms with Gasteiger partial charge < -0.3 is 10.8 Å². The zero-order valence-electron chi connectivity index (χ0n) is 12.8. The molecule has 2 aliphatic heterocycles. The van der Waals surface area contributed by atoms with E-state index >= 15 is 0 Å². The number of anilines is 1. The van der Waals surface area contributed by atoms with Gasteiger partial charge in [-0.05, 0) is 13.8 Å². The third-order valence-corrected chi connectivity index (χ3v) is 6.81. The van der Waals surface area contributed by atoms with E-state index in [1.807, 2.05) is 0 Å². The van der Waals surface area contributed by atoms with Crippen LogP contribution in [0.2, 0.25) is 0 Å². The second-order valence-electron chi connectivity index (χ2n) is 6.22. The van der Waals surface area contributed by atoms with Gasteiger partial charge in [0.1, 0.15) is 10.8 Å². The summed E-state index contributed by atoms with van der Waals surface area (Å²) < 4.78 is -1.28. The third-order valence-electron chi connectivity index (χ3n) is 4.19. The number of aliphatic carboxylic acids is 1. The van der Waals surface area contributed by atoms with Crippen LogP contribution in [0.5, 0.6) is 0 Å². The van der Waals surface area contributed by atoms with Gasteiger partial charge in [0.2, 0.25) is 6.04 Å². The number of nitrogen functional groups attached to an aromatic ring is 1. The zero-order chi connectivity index (χ0) is 17.2. The fraction of sp³-hybridized carbons (Fsp3) is 0.538. The number of quaternary nitrogens is 1. The van der Waals surface area contributed by atoms with E-state index < -0.39 is 38.5 Å². The molecule has 4 N–H and O–H groups in total. The van der Waals surface area contributed by atoms with Crippen molar-refractivity contribution in [2.75, 3.05) is 5.73 Å². The molecule has 2 aliphatic rings. The number of thioether (sulfide) groups is 1. The first-order chi connectivity index (χ1) is 10.6. The van der Waals surface area contributed by atoms with Gasteiger partial charge in [0.05, 0.1) is 4.75 Å². The number of hydrogen-bond acceptors (Lipinski definition) is 7. The van der Waals surface area contributed by atoms with Crippen LogP contribution in [-0.2, 0) is 14.4 Å². The van der Waals surface area contributed by atoms with Crippen molar-refractivity contribution in [1.82, 2.24) is 10.4 Å². The third kappa shape index (κ3) is 2.08. The van der Waals surface area contributed by atoms with Crippen LogP contribution >= 0.6 is 23.1 Å². The number of rotatable bonds is 3. The highest BCUT2D eigenvalue weighted by Crippen LogP contribution is 2.60. The van der Waals surface area contributed by atoms with Crippen LogP contribution in [0.1, 0.15) is 31.7 Å². The number of β-lactam (4-membered cyclic amide) rings is 1. The van der Waals surface area contributed by atoms with Gasteiger partial charge >= 0.3 is 11.9 Å². The number of thiazole rings is 1. The Morgan fingerprint density at radius 2 is 2.13 bits per heavy atom. The van der Waals surface area contributed by atoms with Gasteiger partial charge in [-0.2, -0.15) is 5.43 Å². The average molecular weight is 357 g/mol. The molecule has 10 heteroatoms. The summed E-state index contributed by atoms with van der Waals surface area (Å²) in [5.74, 6) is -2.13. The second-order valence-corrected chi connectivity index (χ2v) is 8.88. The molecule has 2 saturated heterocycles. The summed E-state index contributed by atoms with van der Waals surface area (Å²) in [7, 11) is 0. The summed E-state index contributed by atoms with van der Waals surface area (Å²) in [4.78, 5) is 40.5. The molecule has 0 saturated carbocycles. The lowest BCUT2D eigenvalue weighted by Gasteiger charge is -2.48. The largest absolute Gasteiger partial charge is 0.477 e. The van der Waals surface area contributed by atoms with Crippen molar-refractivity contribution in [3.63, 3.8) is 0 Å². The smallest absolute Gasteiger partial charge is 0.367 e. The molecule has 0 aromatic carbocycles. The fourth-order valence-corrected chi connectivity index (χ4v) is 6.27. The summed E-state index contributed by atoms with van der Waals surface area (Å²) in [5.41, 5.74) is 8.22. The topological polar surface area (TPSA) is 122 Å². The van der Waals surface area contributed by atoms with Crippen molar-refractivity contribution < 1.29 is 24.1 Å². The van der Waals surface area contributed by atoms with Crippen molar-refractivity contribution in [1.29, 1.82) is 0 Å². The van der Waals surface area contributed by atoms with Gasteiger partial charge in [-0.15, -0.1) is 15.9 Å². The number of nitrogens with two attached hydrogens (primary N) is 1. The monoisotopic (exact) mass is 357 g/mol. The highest BCUT2D eigenvalue weighted by molar-refractivity contribution is 8.01. The minimum Gasteiger partial charge on any atom is -0.477 e. The van der Waals surface area contributed by atoms with Crippen LogP contribution in [0.15, 0.2) is 5.38 Å². The SMILES string of the molecule is CC(=O)N[N+]12C(=O)[C@@H](c3nc(N)cs3)[C@H]1SC(C)(C)[C@@H]2C(=O)O. The maximum Gasteiger partial charge on any atom is 0.367 e. The lowest BCUT2D eigenvalue weighted by atomic mass is 9.90. The van der Waals surface area contributed by atoms with Crippen LogP contribution in [0.4, 0.5) is 5.82 Å². The molecule has 0 bridgehead atoms. The quantitative estimate of drug-likeness (QED) is 0.532. The van der Waals surface area contributed by atoms with E-state index in [4.69, 9.17) is 5.73 Å². The van der Waals surface area contributed by atoms with E-state index in [2.05, 4.69) is 10.4 Å². The standard InChI is InChI=1S/C13H16N4O4S2/c1-5(18)16-17-8(12(20)21)13(2,3)23-11(17)7(10(17)19)9-15-6(14)4-22-9/h4,7-8,11H,14H2,1-3H3,(H-,16,18,20,21)/p+1/t7-,8+,11-,17?/m1/s1. The maximum absolute atomic E-state index is 12.9. The molecule has 23 heavy (non-hydrogen) atoms. The summed E-state index contributed by atoms with van der Waals surface area (Å²) in [5, 5.41) is 11.4. The van der Waals surface area contributed by atoms with Gasteiger partial charge in [0.15, 0.2) is 11.3 Å². The Kier molecular flexibility index (Phi) is 3.47. The second kappa shape index (κ2) is 4.92. The van der Waals surface area contributed by atoms with Crippen LogP contribution in [0.3, 0.4) is 0 Å². The predicted octanol–water partition coefficient (Wildman–Crippen LogP) is 0.522. The molecule has 124 valence electrons. The summed E-state index contributed by atoms with van der Waals surface area (Å²) in [6, 6.07) is -1.05.